The van der Waals surface area contributed by atoms with Crippen molar-refractivity contribution < 1.29 is 88.1 Å². The maximum Gasteiger partial charge on any atom is 2.00 e. The Morgan fingerprint density at radius 1 is 1.14 bits per heavy atom. The maximum absolute atomic E-state index is 8.55. The molecule has 7 heavy (non-hydrogen) atoms. The molecule has 0 saturated heterocycles. The van der Waals surface area contributed by atoms with E-state index in [9.17, 15) is 0 Å². The normalized spacial score (nSPS) is 8.43. The third-order valence-corrected chi connectivity index (χ3v) is 0. The average molecular weight is 252 g/mol. The van der Waals surface area contributed by atoms with E-state index in [0.717, 1.165) is 0 Å². The molecule has 0 saturated carbocycles. The minimum Gasteiger partial charge on any atom is -0.822 e. The number of hydrogen-bond acceptors (Lipinski definition) is 4. The standard InChI is InChI=1S/Cs.Mg.H3O4P/c;;1-5(2,3)4/h;;(H3,1,2,3,4)/q+1;+2;/p-3. The Morgan fingerprint density at radius 3 is 1.14 bits per heavy atom. The molecular weight excluding hydrogens is 252 g/mol. The van der Waals surface area contributed by atoms with E-state index in [2.05, 4.69) is 0 Å². The Bertz CT molecular complexity index is 57.8. The zero-order valence-electron chi connectivity index (χ0n) is 3.79. The first-order chi connectivity index (χ1) is 2.00. The maximum atomic E-state index is 8.55. The second kappa shape index (κ2) is 7.04. The second-order valence-corrected chi connectivity index (χ2v) is 1.34. The summed E-state index contributed by atoms with van der Waals surface area (Å²) in [5.74, 6) is 0. The molecule has 0 heterocycles. The Morgan fingerprint density at radius 2 is 1.14 bits per heavy atom. The van der Waals surface area contributed by atoms with E-state index in [1.54, 1.807) is 0 Å². The fourth-order valence-electron chi connectivity index (χ4n) is 0. The summed E-state index contributed by atoms with van der Waals surface area (Å²) in [6, 6.07) is 0. The Balaban J connectivity index is -0.0000000800. The fraction of sp³-hybridized carbons (Fsp3) is 0. The molecule has 0 aliphatic carbocycles. The van der Waals surface area contributed by atoms with Crippen molar-refractivity contribution in [2.24, 2.45) is 0 Å². The molecule has 0 aromatic heterocycles. The van der Waals surface area contributed by atoms with E-state index in [1.165, 1.54) is 0 Å². The van der Waals surface area contributed by atoms with Crippen molar-refractivity contribution >= 4 is 30.9 Å². The van der Waals surface area contributed by atoms with Crippen molar-refractivity contribution in [3.05, 3.63) is 0 Å². The summed E-state index contributed by atoms with van der Waals surface area (Å²) in [6.07, 6.45) is 0. The SMILES string of the molecule is O=P([O-])([O-])[O-].[Cs+].[Mg+2]. The van der Waals surface area contributed by atoms with Gasteiger partial charge in [-0.3, -0.25) is 0 Å². The van der Waals surface area contributed by atoms with Crippen LogP contribution in [0.25, 0.3) is 0 Å². The van der Waals surface area contributed by atoms with Crippen molar-refractivity contribution in [3.63, 3.8) is 0 Å². The zero-order valence-corrected chi connectivity index (χ0v) is 12.4. The van der Waals surface area contributed by atoms with Crippen molar-refractivity contribution in [1.82, 2.24) is 0 Å². The first-order valence-corrected chi connectivity index (χ1v) is 2.19. The summed E-state index contributed by atoms with van der Waals surface area (Å²) in [7, 11) is -5.39. The topological polar surface area (TPSA) is 86.2 Å². The van der Waals surface area contributed by atoms with E-state index >= 15 is 0 Å². The molecule has 0 aliphatic rings. The Hall–Kier alpha value is 2.93. The first-order valence-electron chi connectivity index (χ1n) is 0.730. The number of hydrogen-bond donors (Lipinski definition) is 0. The molecule has 0 spiro atoms. The van der Waals surface area contributed by atoms with Gasteiger partial charge in [-0.25, -0.2) is 0 Å². The molecule has 7 heteroatoms. The van der Waals surface area contributed by atoms with Crippen LogP contribution >= 0.6 is 7.82 Å². The Labute approximate surface area is 116 Å². The van der Waals surface area contributed by atoms with Crippen LogP contribution in [-0.2, 0) is 4.57 Å². The molecule has 0 aromatic rings. The van der Waals surface area contributed by atoms with E-state index in [1.807, 2.05) is 0 Å². The monoisotopic (exact) mass is 252 g/mol. The molecule has 0 fully saturated rings. The summed E-state index contributed by atoms with van der Waals surface area (Å²) in [5, 5.41) is 0. The molecule has 0 aliphatic heterocycles. The summed E-state index contributed by atoms with van der Waals surface area (Å²) in [5.41, 5.74) is 0. The quantitative estimate of drug-likeness (QED) is 0.317. The minimum atomic E-state index is -5.39. The van der Waals surface area contributed by atoms with Crippen LogP contribution in [0.4, 0.5) is 0 Å². The first kappa shape index (κ1) is 16.5. The molecule has 0 atom stereocenters. The summed E-state index contributed by atoms with van der Waals surface area (Å²) >= 11 is 0. The van der Waals surface area contributed by atoms with Gasteiger partial charge in [0.1, 0.15) is 0 Å². The van der Waals surface area contributed by atoms with E-state index in [-0.39, 0.29) is 91.9 Å². The van der Waals surface area contributed by atoms with Crippen molar-refractivity contribution in [3.8, 4) is 0 Å². The fourth-order valence-corrected chi connectivity index (χ4v) is 0. The van der Waals surface area contributed by atoms with Gasteiger partial charge in [-0.2, -0.15) is 7.82 Å². The van der Waals surface area contributed by atoms with Crippen molar-refractivity contribution in [2.45, 2.75) is 0 Å². The van der Waals surface area contributed by atoms with Crippen LogP contribution in [0.2, 0.25) is 0 Å². The van der Waals surface area contributed by atoms with E-state index in [0.29, 0.717) is 0 Å². The van der Waals surface area contributed by atoms with Gasteiger partial charge in [-0.15, -0.1) is 0 Å². The van der Waals surface area contributed by atoms with E-state index < -0.39 is 7.82 Å². The second-order valence-electron chi connectivity index (χ2n) is 0.447. The number of rotatable bonds is 0. The zero-order chi connectivity index (χ0) is 4.50. The minimum absolute atomic E-state index is 0. The Kier molecular flexibility index (Phi) is 16.6. The predicted molar refractivity (Wildman–Crippen MR) is 13.4 cm³/mol. The van der Waals surface area contributed by atoms with Crippen LogP contribution in [0, 0.1) is 0 Å². The van der Waals surface area contributed by atoms with E-state index in [4.69, 9.17) is 19.2 Å². The van der Waals surface area contributed by atoms with Gasteiger partial charge in [0.05, 0.1) is 0 Å². The third-order valence-electron chi connectivity index (χ3n) is 0. The van der Waals surface area contributed by atoms with Gasteiger partial charge in [0.25, 0.3) is 0 Å². The summed E-state index contributed by atoms with van der Waals surface area (Å²) in [4.78, 5) is 25.6. The van der Waals surface area contributed by atoms with Crippen LogP contribution in [0.15, 0.2) is 0 Å². The van der Waals surface area contributed by atoms with Crippen LogP contribution in [0.1, 0.15) is 0 Å². The van der Waals surface area contributed by atoms with Gasteiger partial charge in [-0.05, 0) is 0 Å². The molecule has 0 radical (unpaired) electrons. The van der Waals surface area contributed by atoms with Crippen molar-refractivity contribution in [2.75, 3.05) is 0 Å². The van der Waals surface area contributed by atoms with Gasteiger partial charge >= 0.3 is 91.9 Å². The average Bonchev–Trinajstić information content (AvgIpc) is 0.722. The van der Waals surface area contributed by atoms with Gasteiger partial charge in [0.2, 0.25) is 0 Å². The smallest absolute Gasteiger partial charge is 0.822 e. The number of phosphoric acid groups is 1. The molecule has 0 rings (SSSR count). The van der Waals surface area contributed by atoms with Crippen LogP contribution in [-0.4, -0.2) is 23.1 Å². The molecule has 0 N–H and O–H groups in total. The largest absolute Gasteiger partial charge is 2.00 e. The summed E-state index contributed by atoms with van der Waals surface area (Å²) in [6.45, 7) is 0. The predicted octanol–water partition coefficient (Wildman–Crippen LogP) is -6.20. The third kappa shape index (κ3) is 50.0. The molecule has 0 bridgehead atoms. The molecule has 0 unspecified atom stereocenters. The van der Waals surface area contributed by atoms with Crippen LogP contribution in [0.5, 0.6) is 0 Å². The molecule has 0 amide bonds. The van der Waals surface area contributed by atoms with Gasteiger partial charge in [0, 0.05) is 0 Å². The van der Waals surface area contributed by atoms with Gasteiger partial charge < -0.3 is 19.2 Å². The summed E-state index contributed by atoms with van der Waals surface area (Å²) < 4.78 is 8.55. The molecule has 0 aromatic carbocycles. The molecular formula is CsMgO4P. The van der Waals surface area contributed by atoms with Gasteiger partial charge in [-0.1, -0.05) is 0 Å². The molecule has 4 nitrogen and oxygen atoms in total. The van der Waals surface area contributed by atoms with Crippen molar-refractivity contribution in [1.29, 1.82) is 0 Å². The van der Waals surface area contributed by atoms with Crippen LogP contribution < -0.4 is 83.6 Å². The van der Waals surface area contributed by atoms with Crippen LogP contribution in [0.3, 0.4) is 0 Å². The molecule has 32 valence electrons. The van der Waals surface area contributed by atoms with Gasteiger partial charge in [0.15, 0.2) is 0 Å².